The number of nitrogens with two attached hydrogens (primary N) is 2. The Bertz CT molecular complexity index is 739. The number of thiol groups is 2. The van der Waals surface area contributed by atoms with Crippen molar-refractivity contribution in [2.24, 2.45) is 11.5 Å². The Balaban J connectivity index is 0.000000549. The van der Waals surface area contributed by atoms with E-state index < -0.39 is 11.0 Å². The molecule has 1 aromatic carbocycles. The summed E-state index contributed by atoms with van der Waals surface area (Å²) in [6.45, 7) is 6.21. The highest BCUT2D eigenvalue weighted by Gasteiger charge is 2.23. The van der Waals surface area contributed by atoms with E-state index in [0.29, 0.717) is 5.82 Å². The summed E-state index contributed by atoms with van der Waals surface area (Å²) >= 11 is 7.45. The van der Waals surface area contributed by atoms with Crippen LogP contribution in [0.25, 0.3) is 11.0 Å². The number of nitrogens with one attached hydrogen (secondary N) is 1. The first-order chi connectivity index (χ1) is 16.9. The Morgan fingerprint density at radius 1 is 0.829 bits per heavy atom. The fraction of sp³-hybridized carbons (Fsp3) is 0.667. The normalized spacial score (nSPS) is 11.3. The number of H-pyrrole nitrogens is 1. The van der Waals surface area contributed by atoms with Gasteiger partial charge in [0, 0.05) is 6.42 Å². The molecule has 0 bridgehead atoms. The highest BCUT2D eigenvalue weighted by atomic mass is 32.1. The van der Waals surface area contributed by atoms with E-state index >= 15 is 0 Å². The summed E-state index contributed by atoms with van der Waals surface area (Å²) in [4.78, 5) is 29.6. The van der Waals surface area contributed by atoms with Crippen molar-refractivity contribution >= 4 is 46.5 Å². The maximum absolute atomic E-state index is 11.4. The molecule has 0 saturated carbocycles. The molecule has 35 heavy (non-hydrogen) atoms. The summed E-state index contributed by atoms with van der Waals surface area (Å²) in [5.41, 5.74) is 12.3. The van der Waals surface area contributed by atoms with E-state index in [0.717, 1.165) is 24.1 Å². The second-order valence-electron chi connectivity index (χ2n) is 8.74. The lowest BCUT2D eigenvalue weighted by Gasteiger charge is -2.06. The molecule has 1 heterocycles. The monoisotopic (exact) mass is 524 g/mol. The van der Waals surface area contributed by atoms with Gasteiger partial charge in [-0.3, -0.25) is 9.59 Å². The van der Waals surface area contributed by atoms with E-state index in [1.54, 1.807) is 0 Å². The number of aromatic nitrogens is 2. The number of aromatic amines is 1. The van der Waals surface area contributed by atoms with Gasteiger partial charge >= 0.3 is 0 Å². The van der Waals surface area contributed by atoms with Crippen LogP contribution in [0.4, 0.5) is 0 Å². The van der Waals surface area contributed by atoms with E-state index in [-0.39, 0.29) is 11.5 Å². The molecule has 0 amide bonds. The van der Waals surface area contributed by atoms with Crippen LogP contribution >= 0.6 is 25.3 Å². The van der Waals surface area contributed by atoms with Gasteiger partial charge in [0.15, 0.2) is 10.2 Å². The molecule has 1 atom stereocenters. The number of imidazole rings is 1. The van der Waals surface area contributed by atoms with Crippen LogP contribution in [-0.4, -0.2) is 33.3 Å². The maximum atomic E-state index is 11.4. The molecule has 2 aromatic rings. The first-order valence-corrected chi connectivity index (χ1v) is 14.1. The van der Waals surface area contributed by atoms with Crippen molar-refractivity contribution in [1.29, 1.82) is 0 Å². The first kappa shape index (κ1) is 33.7. The molecule has 0 aliphatic rings. The molecule has 0 aliphatic heterocycles. The zero-order valence-electron chi connectivity index (χ0n) is 21.8. The minimum absolute atomic E-state index is 0.00866. The Morgan fingerprint density at radius 2 is 1.31 bits per heavy atom. The van der Waals surface area contributed by atoms with Crippen LogP contribution in [0.5, 0.6) is 0 Å². The van der Waals surface area contributed by atoms with Crippen molar-refractivity contribution in [2.75, 3.05) is 13.1 Å². The molecule has 2 rings (SSSR count). The number of hydrogen-bond acceptors (Lipinski definition) is 5. The van der Waals surface area contributed by atoms with Crippen molar-refractivity contribution in [1.82, 2.24) is 9.97 Å². The molecule has 6 nitrogen and oxygen atoms in total. The van der Waals surface area contributed by atoms with Crippen LogP contribution in [0.3, 0.4) is 0 Å². The standard InChI is InChI=1S/C11H10N2O2S2.2C8H19N/c14-9(16)5-6(11(15)17)10-12-7-3-1-2-4-8(7)13-10;2*1-2-3-4-5-6-7-8-9/h1-4,6H,5H2,(H,12,13)(H,14,16)(H,15,17);2*2-9H2,1H3. The Hall–Kier alpha value is -1.35. The van der Waals surface area contributed by atoms with Gasteiger partial charge in [-0.25, -0.2) is 4.98 Å². The average Bonchev–Trinajstić information content (AvgIpc) is 3.27. The summed E-state index contributed by atoms with van der Waals surface area (Å²) in [6.07, 6.45) is 16.1. The highest BCUT2D eigenvalue weighted by Crippen LogP contribution is 2.23. The van der Waals surface area contributed by atoms with Gasteiger partial charge in [-0.05, 0) is 38.1 Å². The number of unbranched alkanes of at least 4 members (excludes halogenated alkanes) is 10. The molecule has 8 heteroatoms. The highest BCUT2D eigenvalue weighted by molar-refractivity contribution is 7.97. The fourth-order valence-electron chi connectivity index (χ4n) is 3.46. The van der Waals surface area contributed by atoms with E-state index in [4.69, 9.17) is 11.5 Å². The van der Waals surface area contributed by atoms with Crippen LogP contribution in [0.15, 0.2) is 24.3 Å². The number of carbonyl (C=O) groups is 2. The summed E-state index contributed by atoms with van der Waals surface area (Å²) in [5, 5.41) is -0.760. The molecule has 0 aliphatic carbocycles. The van der Waals surface area contributed by atoms with Crippen LogP contribution in [-0.2, 0) is 9.59 Å². The third-order valence-electron chi connectivity index (χ3n) is 5.53. The second-order valence-corrected chi connectivity index (χ2v) is 9.68. The maximum Gasteiger partial charge on any atom is 0.197 e. The summed E-state index contributed by atoms with van der Waals surface area (Å²) in [7, 11) is 0. The second kappa shape index (κ2) is 23.1. The van der Waals surface area contributed by atoms with E-state index in [2.05, 4.69) is 49.1 Å². The number of nitrogens with zero attached hydrogens (tertiary/aromatic N) is 1. The zero-order chi connectivity index (χ0) is 26.3. The van der Waals surface area contributed by atoms with Gasteiger partial charge in [0.2, 0.25) is 0 Å². The SMILES string of the molecule is CCCCCCCCN.CCCCCCCCN.O=C(S)CC(C(=O)S)c1nc2ccccc2[nH]1. The molecule has 0 radical (unpaired) electrons. The lowest BCUT2D eigenvalue weighted by atomic mass is 10.1. The molecular formula is C27H48N4O2S2. The van der Waals surface area contributed by atoms with Gasteiger partial charge in [0.05, 0.1) is 17.0 Å². The molecule has 5 N–H and O–H groups in total. The Morgan fingerprint density at radius 3 is 1.74 bits per heavy atom. The molecule has 1 unspecified atom stereocenters. The molecule has 1 aromatic heterocycles. The molecular weight excluding hydrogens is 476 g/mol. The summed E-state index contributed by atoms with van der Waals surface area (Å²) in [6, 6.07) is 7.41. The largest absolute Gasteiger partial charge is 0.341 e. The van der Waals surface area contributed by atoms with Crippen molar-refractivity contribution in [3.05, 3.63) is 30.1 Å². The predicted molar refractivity (Wildman–Crippen MR) is 156 cm³/mol. The minimum Gasteiger partial charge on any atom is -0.341 e. The first-order valence-electron chi connectivity index (χ1n) is 13.2. The summed E-state index contributed by atoms with van der Waals surface area (Å²) < 4.78 is 0. The van der Waals surface area contributed by atoms with Gasteiger partial charge in [-0.2, -0.15) is 0 Å². The fourth-order valence-corrected chi connectivity index (χ4v) is 3.86. The van der Waals surface area contributed by atoms with Gasteiger partial charge in [-0.15, -0.1) is 25.3 Å². The third-order valence-corrected chi connectivity index (χ3v) is 6.02. The van der Waals surface area contributed by atoms with E-state index in [1.807, 2.05) is 24.3 Å². The minimum atomic E-state index is -0.671. The number of rotatable bonds is 16. The van der Waals surface area contributed by atoms with E-state index in [9.17, 15) is 9.59 Å². The molecule has 0 fully saturated rings. The van der Waals surface area contributed by atoms with Gasteiger partial charge in [0.25, 0.3) is 0 Å². The van der Waals surface area contributed by atoms with Gasteiger partial charge in [-0.1, -0.05) is 90.2 Å². The van der Waals surface area contributed by atoms with Crippen LogP contribution in [0.2, 0.25) is 0 Å². The molecule has 0 saturated heterocycles. The average molecular weight is 525 g/mol. The quantitative estimate of drug-likeness (QED) is 0.126. The lowest BCUT2D eigenvalue weighted by molar-refractivity contribution is -0.116. The number of para-hydroxylation sites is 2. The smallest absolute Gasteiger partial charge is 0.197 e. The number of hydrogen-bond donors (Lipinski definition) is 5. The topological polar surface area (TPSA) is 115 Å². The van der Waals surface area contributed by atoms with Crippen molar-refractivity contribution in [2.45, 2.75) is 103 Å². The van der Waals surface area contributed by atoms with Crippen LogP contribution in [0.1, 0.15) is 109 Å². The summed E-state index contributed by atoms with van der Waals surface area (Å²) in [5.74, 6) is -0.218. The third kappa shape index (κ3) is 17.7. The number of fused-ring (bicyclic) bond motifs is 1. The lowest BCUT2D eigenvalue weighted by Crippen LogP contribution is -2.11. The van der Waals surface area contributed by atoms with Gasteiger partial charge in [0.1, 0.15) is 5.82 Å². The van der Waals surface area contributed by atoms with Crippen LogP contribution < -0.4 is 11.5 Å². The van der Waals surface area contributed by atoms with Crippen molar-refractivity contribution < 1.29 is 9.59 Å². The van der Waals surface area contributed by atoms with Crippen molar-refractivity contribution in [3.8, 4) is 0 Å². The molecule has 0 spiro atoms. The van der Waals surface area contributed by atoms with Crippen LogP contribution in [0, 0.1) is 0 Å². The number of benzene rings is 1. The number of carbonyl (C=O) groups excluding carboxylic acids is 2. The van der Waals surface area contributed by atoms with Gasteiger partial charge < -0.3 is 16.5 Å². The Kier molecular flexibility index (Phi) is 22.2. The zero-order valence-corrected chi connectivity index (χ0v) is 23.6. The van der Waals surface area contributed by atoms with Crippen molar-refractivity contribution in [3.63, 3.8) is 0 Å². The molecule has 200 valence electrons. The van der Waals surface area contributed by atoms with E-state index in [1.165, 1.54) is 77.0 Å². The predicted octanol–water partition coefficient (Wildman–Crippen LogP) is 6.56. The Labute approximate surface area is 223 Å².